The third kappa shape index (κ3) is 2.78. The minimum atomic E-state index is -0.275. The minimum absolute atomic E-state index is 0.112. The molecule has 0 saturated carbocycles. The molecule has 134 valence electrons. The van der Waals surface area contributed by atoms with Crippen molar-refractivity contribution in [3.05, 3.63) is 101 Å². The van der Waals surface area contributed by atoms with Crippen LogP contribution in [0.15, 0.2) is 77.9 Å². The third-order valence-corrected chi connectivity index (χ3v) is 5.24. The Morgan fingerprint density at radius 1 is 0.963 bits per heavy atom. The van der Waals surface area contributed by atoms with E-state index in [1.807, 2.05) is 23.2 Å². The van der Waals surface area contributed by atoms with Gasteiger partial charge in [0.05, 0.1) is 11.8 Å². The SMILES string of the molecule is Cc1ccc([C@@H]2Oc3ccccc3[C@H]3CC(c4ccc(F)cc4)=NN32)cc1. The molecule has 0 unspecified atom stereocenters. The highest BCUT2D eigenvalue weighted by atomic mass is 19.1. The lowest BCUT2D eigenvalue weighted by atomic mass is 9.96. The smallest absolute Gasteiger partial charge is 0.213 e. The fourth-order valence-corrected chi connectivity index (χ4v) is 3.80. The van der Waals surface area contributed by atoms with E-state index in [4.69, 9.17) is 9.84 Å². The van der Waals surface area contributed by atoms with Crippen LogP contribution in [0.5, 0.6) is 5.75 Å². The Morgan fingerprint density at radius 3 is 2.48 bits per heavy atom. The van der Waals surface area contributed by atoms with Crippen LogP contribution in [0.3, 0.4) is 0 Å². The first-order chi connectivity index (χ1) is 13.2. The van der Waals surface area contributed by atoms with E-state index in [-0.39, 0.29) is 18.1 Å². The van der Waals surface area contributed by atoms with Crippen molar-refractivity contribution in [2.75, 3.05) is 0 Å². The van der Waals surface area contributed by atoms with Crippen LogP contribution in [0, 0.1) is 12.7 Å². The maximum absolute atomic E-state index is 13.3. The Bertz CT molecular complexity index is 1010. The van der Waals surface area contributed by atoms with Crippen LogP contribution < -0.4 is 4.74 Å². The highest BCUT2D eigenvalue weighted by Crippen LogP contribution is 2.47. The van der Waals surface area contributed by atoms with Gasteiger partial charge in [0.1, 0.15) is 11.6 Å². The zero-order valence-electron chi connectivity index (χ0n) is 15.0. The molecule has 3 aromatic carbocycles. The van der Waals surface area contributed by atoms with Crippen molar-refractivity contribution in [1.82, 2.24) is 5.01 Å². The van der Waals surface area contributed by atoms with Gasteiger partial charge >= 0.3 is 0 Å². The van der Waals surface area contributed by atoms with Gasteiger partial charge in [-0.15, -0.1) is 0 Å². The summed E-state index contributed by atoms with van der Waals surface area (Å²) in [5, 5.41) is 6.94. The topological polar surface area (TPSA) is 24.8 Å². The van der Waals surface area contributed by atoms with Crippen LogP contribution >= 0.6 is 0 Å². The van der Waals surface area contributed by atoms with Gasteiger partial charge in [-0.1, -0.05) is 60.2 Å². The largest absolute Gasteiger partial charge is 0.464 e. The van der Waals surface area contributed by atoms with E-state index < -0.39 is 0 Å². The van der Waals surface area contributed by atoms with Gasteiger partial charge in [0.25, 0.3) is 0 Å². The minimum Gasteiger partial charge on any atom is -0.464 e. The average molecular weight is 358 g/mol. The summed E-state index contributed by atoms with van der Waals surface area (Å²) in [5.41, 5.74) is 5.33. The van der Waals surface area contributed by atoms with Crippen LogP contribution in [0.4, 0.5) is 4.39 Å². The highest BCUT2D eigenvalue weighted by Gasteiger charge is 2.40. The number of aryl methyl sites for hydroxylation is 1. The van der Waals surface area contributed by atoms with Gasteiger partial charge in [-0.05, 0) is 30.7 Å². The number of hydrazone groups is 1. The lowest BCUT2D eigenvalue weighted by Crippen LogP contribution is -2.33. The maximum Gasteiger partial charge on any atom is 0.213 e. The van der Waals surface area contributed by atoms with Crippen molar-refractivity contribution in [3.63, 3.8) is 0 Å². The van der Waals surface area contributed by atoms with Crippen molar-refractivity contribution in [3.8, 4) is 5.75 Å². The predicted octanol–water partition coefficient (Wildman–Crippen LogP) is 5.38. The van der Waals surface area contributed by atoms with Gasteiger partial charge in [0, 0.05) is 17.5 Å². The predicted molar refractivity (Wildman–Crippen MR) is 103 cm³/mol. The molecule has 2 atom stereocenters. The van der Waals surface area contributed by atoms with E-state index in [9.17, 15) is 4.39 Å². The van der Waals surface area contributed by atoms with E-state index in [0.29, 0.717) is 0 Å². The molecular formula is C23H19FN2O. The molecule has 2 aliphatic heterocycles. The molecule has 3 aromatic rings. The van der Waals surface area contributed by atoms with Gasteiger partial charge in [0.2, 0.25) is 6.23 Å². The number of hydrogen-bond acceptors (Lipinski definition) is 3. The quantitative estimate of drug-likeness (QED) is 0.615. The Labute approximate surface area is 157 Å². The number of fused-ring (bicyclic) bond motifs is 3. The number of hydrogen-bond donors (Lipinski definition) is 0. The summed E-state index contributed by atoms with van der Waals surface area (Å²) in [7, 11) is 0. The highest BCUT2D eigenvalue weighted by molar-refractivity contribution is 6.01. The number of halogens is 1. The van der Waals surface area contributed by atoms with Crippen LogP contribution in [0.2, 0.25) is 0 Å². The van der Waals surface area contributed by atoms with E-state index in [0.717, 1.165) is 34.6 Å². The number of nitrogens with zero attached hydrogens (tertiary/aromatic N) is 2. The van der Waals surface area contributed by atoms with E-state index in [1.165, 1.54) is 17.7 Å². The molecule has 0 radical (unpaired) electrons. The van der Waals surface area contributed by atoms with Crippen molar-refractivity contribution in [1.29, 1.82) is 0 Å². The fourth-order valence-electron chi connectivity index (χ4n) is 3.80. The second kappa shape index (κ2) is 6.23. The maximum atomic E-state index is 13.3. The zero-order chi connectivity index (χ0) is 18.4. The molecule has 27 heavy (non-hydrogen) atoms. The van der Waals surface area contributed by atoms with Gasteiger partial charge in [0.15, 0.2) is 0 Å². The van der Waals surface area contributed by atoms with Crippen molar-refractivity contribution in [2.45, 2.75) is 25.6 Å². The molecule has 5 rings (SSSR count). The van der Waals surface area contributed by atoms with Gasteiger partial charge in [-0.25, -0.2) is 9.40 Å². The standard InChI is InChI=1S/C23H19FN2O/c1-15-6-8-17(9-7-15)23-26-21(19-4-2-3-5-22(19)27-23)14-20(25-26)16-10-12-18(24)13-11-16/h2-13,21,23H,14H2,1H3/t21-,23+/m1/s1. The lowest BCUT2D eigenvalue weighted by molar-refractivity contribution is -0.0190. The molecule has 0 fully saturated rings. The summed E-state index contributed by atoms with van der Waals surface area (Å²) in [6.07, 6.45) is 0.498. The van der Waals surface area contributed by atoms with Gasteiger partial charge in [-0.2, -0.15) is 5.10 Å². The number of rotatable bonds is 2. The summed E-state index contributed by atoms with van der Waals surface area (Å²) in [5.74, 6) is 0.668. The molecule has 0 spiro atoms. The molecule has 0 bridgehead atoms. The molecule has 2 heterocycles. The molecule has 0 aliphatic carbocycles. The lowest BCUT2D eigenvalue weighted by Gasteiger charge is -2.38. The van der Waals surface area contributed by atoms with Crippen LogP contribution in [-0.2, 0) is 0 Å². The van der Waals surface area contributed by atoms with Crippen LogP contribution in [0.25, 0.3) is 0 Å². The molecule has 0 saturated heterocycles. The molecule has 0 N–H and O–H groups in total. The Balaban J connectivity index is 1.58. The first-order valence-corrected chi connectivity index (χ1v) is 9.13. The van der Waals surface area contributed by atoms with E-state index in [2.05, 4.69) is 37.3 Å². The fraction of sp³-hybridized carbons (Fsp3) is 0.174. The normalized spacial score (nSPS) is 20.5. The van der Waals surface area contributed by atoms with E-state index in [1.54, 1.807) is 12.1 Å². The number of ether oxygens (including phenoxy) is 1. The number of benzene rings is 3. The molecule has 4 heteroatoms. The average Bonchev–Trinajstić information content (AvgIpc) is 3.14. The van der Waals surface area contributed by atoms with E-state index >= 15 is 0 Å². The summed E-state index contributed by atoms with van der Waals surface area (Å²) >= 11 is 0. The Kier molecular flexibility index (Phi) is 3.71. The third-order valence-electron chi connectivity index (χ3n) is 5.24. The second-order valence-corrected chi connectivity index (χ2v) is 7.07. The Morgan fingerprint density at radius 2 is 1.70 bits per heavy atom. The molecule has 0 aromatic heterocycles. The van der Waals surface area contributed by atoms with Gasteiger partial charge in [-0.3, -0.25) is 0 Å². The van der Waals surface area contributed by atoms with Crippen LogP contribution in [0.1, 0.15) is 40.9 Å². The summed E-state index contributed by atoms with van der Waals surface area (Å²) in [6.45, 7) is 2.07. The van der Waals surface area contributed by atoms with Crippen molar-refractivity contribution >= 4 is 5.71 Å². The molecule has 0 amide bonds. The first-order valence-electron chi connectivity index (χ1n) is 9.13. The molecule has 2 aliphatic rings. The van der Waals surface area contributed by atoms with Crippen molar-refractivity contribution in [2.24, 2.45) is 5.10 Å². The molecule has 3 nitrogen and oxygen atoms in total. The zero-order valence-corrected chi connectivity index (χ0v) is 15.0. The second-order valence-electron chi connectivity index (χ2n) is 7.07. The first kappa shape index (κ1) is 16.1. The number of para-hydroxylation sites is 1. The summed E-state index contributed by atoms with van der Waals surface area (Å²) in [6, 6.07) is 23.2. The Hall–Kier alpha value is -3.14. The van der Waals surface area contributed by atoms with Crippen molar-refractivity contribution < 1.29 is 9.13 Å². The molecular weight excluding hydrogens is 339 g/mol. The summed E-state index contributed by atoms with van der Waals surface area (Å²) in [4.78, 5) is 0. The monoisotopic (exact) mass is 358 g/mol. The van der Waals surface area contributed by atoms with Gasteiger partial charge < -0.3 is 4.74 Å². The van der Waals surface area contributed by atoms with Crippen LogP contribution in [-0.4, -0.2) is 10.7 Å². The summed E-state index contributed by atoms with van der Waals surface area (Å²) < 4.78 is 19.6.